The molecule has 0 aliphatic rings. The van der Waals surface area contributed by atoms with Crippen LogP contribution in [0.25, 0.3) is 0 Å². The van der Waals surface area contributed by atoms with Crippen LogP contribution in [0, 0.1) is 11.6 Å². The number of amides is 1. The summed E-state index contributed by atoms with van der Waals surface area (Å²) in [5.74, 6) is -1.90. The summed E-state index contributed by atoms with van der Waals surface area (Å²) in [5, 5.41) is 10.3. The van der Waals surface area contributed by atoms with Crippen LogP contribution in [0.15, 0.2) is 29.7 Å². The maximum Gasteiger partial charge on any atom is 0.237 e. The van der Waals surface area contributed by atoms with Gasteiger partial charge in [0.15, 0.2) is 5.16 Å². The third-order valence-corrected chi connectivity index (χ3v) is 4.01. The highest BCUT2D eigenvalue weighted by Crippen LogP contribution is 2.25. The van der Waals surface area contributed by atoms with Crippen LogP contribution in [0.5, 0.6) is 0 Å². The first-order chi connectivity index (χ1) is 10.4. The van der Waals surface area contributed by atoms with Crippen molar-refractivity contribution in [3.63, 3.8) is 0 Å². The van der Waals surface area contributed by atoms with Gasteiger partial charge in [-0.1, -0.05) is 11.8 Å². The lowest BCUT2D eigenvalue weighted by atomic mass is 10.3. The second kappa shape index (κ2) is 6.87. The quantitative estimate of drug-likeness (QED) is 0.857. The molecule has 1 N–H and O–H groups in total. The molecule has 0 unspecified atom stereocenters. The molecule has 22 heavy (non-hydrogen) atoms. The van der Waals surface area contributed by atoms with E-state index in [0.29, 0.717) is 5.16 Å². The van der Waals surface area contributed by atoms with Gasteiger partial charge in [-0.25, -0.2) is 8.78 Å². The molecule has 0 aliphatic heterocycles. The lowest BCUT2D eigenvalue weighted by molar-refractivity contribution is -0.115. The summed E-state index contributed by atoms with van der Waals surface area (Å²) >= 11 is 1.22. The van der Waals surface area contributed by atoms with Gasteiger partial charge < -0.3 is 9.88 Å². The monoisotopic (exact) mass is 326 g/mol. The highest BCUT2D eigenvalue weighted by Gasteiger charge is 2.19. The molecule has 0 bridgehead atoms. The molecule has 0 saturated heterocycles. The number of rotatable bonds is 5. The van der Waals surface area contributed by atoms with Crippen LogP contribution in [0.2, 0.25) is 0 Å². The molecule has 1 amide bonds. The smallest absolute Gasteiger partial charge is 0.237 e. The van der Waals surface area contributed by atoms with E-state index in [4.69, 9.17) is 0 Å². The number of nitrogens with zero attached hydrogens (tertiary/aromatic N) is 3. The zero-order valence-corrected chi connectivity index (χ0v) is 13.2. The minimum Gasteiger partial charge on any atom is -0.323 e. The number of nitrogens with one attached hydrogen (secondary N) is 1. The highest BCUT2D eigenvalue weighted by atomic mass is 32.2. The van der Waals surface area contributed by atoms with Gasteiger partial charge >= 0.3 is 0 Å². The van der Waals surface area contributed by atoms with Gasteiger partial charge in [0, 0.05) is 12.1 Å². The van der Waals surface area contributed by atoms with Crippen molar-refractivity contribution in [3.8, 4) is 0 Å². The Labute approximate surface area is 131 Å². The van der Waals surface area contributed by atoms with E-state index in [0.717, 1.165) is 12.1 Å². The fourth-order valence-corrected chi connectivity index (χ4v) is 2.66. The number of carbonyl (C=O) groups excluding carboxylic acids is 1. The molecule has 0 radical (unpaired) electrons. The second-order valence-electron chi connectivity index (χ2n) is 4.99. The predicted molar refractivity (Wildman–Crippen MR) is 80.7 cm³/mol. The Kier molecular flexibility index (Phi) is 5.12. The van der Waals surface area contributed by atoms with Crippen molar-refractivity contribution in [1.29, 1.82) is 0 Å². The number of thioether (sulfide) groups is 1. The Morgan fingerprint density at radius 3 is 2.68 bits per heavy atom. The number of hydrogen-bond acceptors (Lipinski definition) is 4. The van der Waals surface area contributed by atoms with E-state index in [1.165, 1.54) is 17.8 Å². The fourth-order valence-electron chi connectivity index (χ4n) is 1.71. The fraction of sp³-hybridized carbons (Fsp3) is 0.357. The first-order valence-electron chi connectivity index (χ1n) is 6.70. The van der Waals surface area contributed by atoms with Gasteiger partial charge in [0.2, 0.25) is 5.91 Å². The van der Waals surface area contributed by atoms with Crippen LogP contribution in [-0.4, -0.2) is 25.9 Å². The maximum atomic E-state index is 13.5. The lowest BCUT2D eigenvalue weighted by Crippen LogP contribution is -2.23. The molecule has 0 fully saturated rings. The molecule has 0 spiro atoms. The Bertz CT molecular complexity index is 675. The average Bonchev–Trinajstić information content (AvgIpc) is 2.90. The summed E-state index contributed by atoms with van der Waals surface area (Å²) in [6.07, 6.45) is 1.59. The number of benzene rings is 1. The molecule has 1 aromatic heterocycles. The standard InChI is InChI=1S/C14H16F2N4OS/c1-8(2)20-7-17-19-14(20)22-9(3)13(21)18-12-5-4-10(15)6-11(12)16/h4-9H,1-3H3,(H,18,21)/t9-/m1/s1. The van der Waals surface area contributed by atoms with Crippen LogP contribution in [0.3, 0.4) is 0 Å². The Balaban J connectivity index is 2.04. The molecule has 1 aromatic carbocycles. The summed E-state index contributed by atoms with van der Waals surface area (Å²) in [4.78, 5) is 12.1. The topological polar surface area (TPSA) is 59.8 Å². The molecule has 2 aromatic rings. The molecule has 0 saturated carbocycles. The molecule has 118 valence electrons. The SMILES string of the molecule is CC(C)n1cnnc1S[C@H](C)C(=O)Nc1ccc(F)cc1F. The maximum absolute atomic E-state index is 13.5. The summed E-state index contributed by atoms with van der Waals surface area (Å²) < 4.78 is 28.2. The molecule has 1 atom stereocenters. The van der Waals surface area contributed by atoms with Gasteiger partial charge in [0.25, 0.3) is 0 Å². The van der Waals surface area contributed by atoms with E-state index in [1.807, 2.05) is 18.4 Å². The van der Waals surface area contributed by atoms with Crippen LogP contribution in [0.1, 0.15) is 26.8 Å². The molecular weight excluding hydrogens is 310 g/mol. The average molecular weight is 326 g/mol. The zero-order chi connectivity index (χ0) is 16.3. The summed E-state index contributed by atoms with van der Waals surface area (Å²) in [6, 6.07) is 3.17. The summed E-state index contributed by atoms with van der Waals surface area (Å²) in [6.45, 7) is 5.64. The number of carbonyl (C=O) groups is 1. The molecule has 0 aliphatic carbocycles. The number of anilines is 1. The van der Waals surface area contributed by atoms with E-state index in [9.17, 15) is 13.6 Å². The molecule has 8 heteroatoms. The lowest BCUT2D eigenvalue weighted by Gasteiger charge is -2.14. The Morgan fingerprint density at radius 2 is 2.05 bits per heavy atom. The first-order valence-corrected chi connectivity index (χ1v) is 7.58. The van der Waals surface area contributed by atoms with Crippen molar-refractivity contribution >= 4 is 23.4 Å². The van der Waals surface area contributed by atoms with E-state index >= 15 is 0 Å². The van der Waals surface area contributed by atoms with Crippen LogP contribution >= 0.6 is 11.8 Å². The van der Waals surface area contributed by atoms with Crippen LogP contribution in [0.4, 0.5) is 14.5 Å². The van der Waals surface area contributed by atoms with E-state index in [1.54, 1.807) is 13.3 Å². The van der Waals surface area contributed by atoms with Gasteiger partial charge in [-0.3, -0.25) is 4.79 Å². The normalized spacial score (nSPS) is 12.5. The molecule has 1 heterocycles. The van der Waals surface area contributed by atoms with Crippen molar-refractivity contribution in [2.24, 2.45) is 0 Å². The molecule has 2 rings (SSSR count). The van der Waals surface area contributed by atoms with Gasteiger partial charge in [-0.15, -0.1) is 10.2 Å². The third-order valence-electron chi connectivity index (χ3n) is 2.94. The van der Waals surface area contributed by atoms with Crippen LogP contribution in [-0.2, 0) is 4.79 Å². The van der Waals surface area contributed by atoms with Crippen molar-refractivity contribution in [2.75, 3.05) is 5.32 Å². The van der Waals surface area contributed by atoms with E-state index < -0.39 is 22.8 Å². The van der Waals surface area contributed by atoms with Crippen LogP contribution < -0.4 is 5.32 Å². The van der Waals surface area contributed by atoms with Crippen molar-refractivity contribution < 1.29 is 13.6 Å². The number of halogens is 2. The minimum atomic E-state index is -0.809. The van der Waals surface area contributed by atoms with Gasteiger partial charge in [0.1, 0.15) is 18.0 Å². The van der Waals surface area contributed by atoms with Crippen molar-refractivity contribution in [1.82, 2.24) is 14.8 Å². The summed E-state index contributed by atoms with van der Waals surface area (Å²) in [7, 11) is 0. The molecule has 5 nitrogen and oxygen atoms in total. The number of hydrogen-bond donors (Lipinski definition) is 1. The first kappa shape index (κ1) is 16.4. The van der Waals surface area contributed by atoms with Crippen molar-refractivity contribution in [3.05, 3.63) is 36.2 Å². The number of aromatic nitrogens is 3. The predicted octanol–water partition coefficient (Wildman–Crippen LogP) is 3.26. The van der Waals surface area contributed by atoms with Gasteiger partial charge in [-0.2, -0.15) is 0 Å². The highest BCUT2D eigenvalue weighted by molar-refractivity contribution is 8.00. The second-order valence-corrected chi connectivity index (χ2v) is 6.30. The minimum absolute atomic E-state index is 0.0517. The Hall–Kier alpha value is -1.96. The van der Waals surface area contributed by atoms with E-state index in [2.05, 4.69) is 15.5 Å². The van der Waals surface area contributed by atoms with Crippen molar-refractivity contribution in [2.45, 2.75) is 37.2 Å². The molecular formula is C14H16F2N4OS. The Morgan fingerprint density at radius 1 is 1.32 bits per heavy atom. The summed E-state index contributed by atoms with van der Waals surface area (Å²) in [5.41, 5.74) is -0.0517. The van der Waals surface area contributed by atoms with E-state index in [-0.39, 0.29) is 11.7 Å². The van der Waals surface area contributed by atoms with Gasteiger partial charge in [-0.05, 0) is 32.9 Å². The largest absolute Gasteiger partial charge is 0.323 e. The zero-order valence-electron chi connectivity index (χ0n) is 12.4. The van der Waals surface area contributed by atoms with Gasteiger partial charge in [0.05, 0.1) is 10.9 Å². The third kappa shape index (κ3) is 3.82.